The van der Waals surface area contributed by atoms with Gasteiger partial charge in [-0.25, -0.2) is 4.79 Å². The SMILES string of the molecule is COc1ccc(NC(=O)C2CCCN2C(=O)Nc2cc(C)nn2C)cc1. The number of carbonyl (C=O) groups excluding carboxylic acids is 2. The molecule has 0 saturated carbocycles. The van der Waals surface area contributed by atoms with Crippen LogP contribution in [0.5, 0.6) is 5.75 Å². The Hall–Kier alpha value is -3.03. The molecule has 1 saturated heterocycles. The minimum atomic E-state index is -0.494. The number of likely N-dealkylation sites (tertiary alicyclic amines) is 1. The topological polar surface area (TPSA) is 88.5 Å². The minimum Gasteiger partial charge on any atom is -0.497 e. The molecule has 2 N–H and O–H groups in total. The summed E-state index contributed by atoms with van der Waals surface area (Å²) < 4.78 is 6.72. The van der Waals surface area contributed by atoms with E-state index in [2.05, 4.69) is 15.7 Å². The molecule has 2 heterocycles. The maximum atomic E-state index is 12.6. The van der Waals surface area contributed by atoms with E-state index in [1.54, 1.807) is 54.1 Å². The number of nitrogens with one attached hydrogen (secondary N) is 2. The minimum absolute atomic E-state index is 0.191. The summed E-state index contributed by atoms with van der Waals surface area (Å²) in [5.41, 5.74) is 1.49. The van der Waals surface area contributed by atoms with Crippen molar-refractivity contribution >= 4 is 23.4 Å². The van der Waals surface area contributed by atoms with Crippen molar-refractivity contribution in [1.29, 1.82) is 0 Å². The highest BCUT2D eigenvalue weighted by Gasteiger charge is 2.34. The smallest absolute Gasteiger partial charge is 0.323 e. The first-order chi connectivity index (χ1) is 12.5. The molecular formula is C18H23N5O3. The maximum Gasteiger partial charge on any atom is 0.323 e. The molecule has 26 heavy (non-hydrogen) atoms. The van der Waals surface area contributed by atoms with Crippen molar-refractivity contribution in [1.82, 2.24) is 14.7 Å². The summed E-state index contributed by atoms with van der Waals surface area (Å²) >= 11 is 0. The lowest BCUT2D eigenvalue weighted by Crippen LogP contribution is -2.45. The summed E-state index contributed by atoms with van der Waals surface area (Å²) in [5.74, 6) is 1.13. The first-order valence-corrected chi connectivity index (χ1v) is 8.51. The van der Waals surface area contributed by atoms with E-state index in [4.69, 9.17) is 4.74 Å². The van der Waals surface area contributed by atoms with Gasteiger partial charge in [0.15, 0.2) is 0 Å². The van der Waals surface area contributed by atoms with Crippen molar-refractivity contribution in [2.24, 2.45) is 7.05 Å². The van der Waals surface area contributed by atoms with Crippen LogP contribution in [0.3, 0.4) is 0 Å². The molecule has 0 spiro atoms. The Kier molecular flexibility index (Phi) is 5.11. The number of anilines is 2. The summed E-state index contributed by atoms with van der Waals surface area (Å²) in [6.07, 6.45) is 1.43. The van der Waals surface area contributed by atoms with Gasteiger partial charge in [0.2, 0.25) is 5.91 Å². The number of rotatable bonds is 4. The van der Waals surface area contributed by atoms with Gasteiger partial charge in [-0.1, -0.05) is 0 Å². The van der Waals surface area contributed by atoms with Gasteiger partial charge in [0.05, 0.1) is 12.8 Å². The van der Waals surface area contributed by atoms with Crippen LogP contribution in [0.1, 0.15) is 18.5 Å². The van der Waals surface area contributed by atoms with Gasteiger partial charge in [-0.2, -0.15) is 5.10 Å². The molecule has 0 radical (unpaired) electrons. The molecule has 1 aromatic heterocycles. The molecule has 138 valence electrons. The summed E-state index contributed by atoms with van der Waals surface area (Å²) in [6, 6.07) is 8.11. The summed E-state index contributed by atoms with van der Waals surface area (Å²) in [7, 11) is 3.35. The van der Waals surface area contributed by atoms with E-state index in [-0.39, 0.29) is 11.9 Å². The van der Waals surface area contributed by atoms with Crippen LogP contribution in [-0.4, -0.2) is 46.3 Å². The Balaban J connectivity index is 1.65. The zero-order chi connectivity index (χ0) is 18.7. The van der Waals surface area contributed by atoms with Gasteiger partial charge in [-0.3, -0.25) is 14.8 Å². The third-order valence-corrected chi connectivity index (χ3v) is 4.41. The highest BCUT2D eigenvalue weighted by atomic mass is 16.5. The first kappa shape index (κ1) is 17.8. The second-order valence-corrected chi connectivity index (χ2v) is 6.29. The van der Waals surface area contributed by atoms with Gasteiger partial charge in [-0.05, 0) is 44.0 Å². The van der Waals surface area contributed by atoms with E-state index in [1.807, 2.05) is 6.92 Å². The predicted molar refractivity (Wildman–Crippen MR) is 98.3 cm³/mol. The molecule has 3 amide bonds. The Morgan fingerprint density at radius 1 is 1.23 bits per heavy atom. The predicted octanol–water partition coefficient (Wildman–Crippen LogP) is 2.37. The number of amides is 3. The summed E-state index contributed by atoms with van der Waals surface area (Å²) in [5, 5.41) is 9.90. The van der Waals surface area contributed by atoms with Crippen molar-refractivity contribution in [3.05, 3.63) is 36.0 Å². The first-order valence-electron chi connectivity index (χ1n) is 8.51. The molecule has 2 aromatic rings. The second kappa shape index (κ2) is 7.47. The quantitative estimate of drug-likeness (QED) is 0.879. The van der Waals surface area contributed by atoms with Crippen LogP contribution < -0.4 is 15.4 Å². The zero-order valence-electron chi connectivity index (χ0n) is 15.2. The van der Waals surface area contributed by atoms with Gasteiger partial charge in [-0.15, -0.1) is 0 Å². The lowest BCUT2D eigenvalue weighted by Gasteiger charge is -2.24. The molecular weight excluding hydrogens is 334 g/mol. The molecule has 8 nitrogen and oxygen atoms in total. The van der Waals surface area contributed by atoms with E-state index in [9.17, 15) is 9.59 Å². The molecule has 0 bridgehead atoms. The van der Waals surface area contributed by atoms with Gasteiger partial charge in [0.1, 0.15) is 17.6 Å². The average molecular weight is 357 g/mol. The molecule has 1 atom stereocenters. The van der Waals surface area contributed by atoms with Crippen LogP contribution in [0, 0.1) is 6.92 Å². The largest absolute Gasteiger partial charge is 0.497 e. The van der Waals surface area contributed by atoms with Crippen molar-refractivity contribution in [2.75, 3.05) is 24.3 Å². The summed E-state index contributed by atoms with van der Waals surface area (Å²) in [4.78, 5) is 26.8. The molecule has 1 fully saturated rings. The lowest BCUT2D eigenvalue weighted by molar-refractivity contribution is -0.119. The average Bonchev–Trinajstić information content (AvgIpc) is 3.22. The second-order valence-electron chi connectivity index (χ2n) is 6.29. The highest BCUT2D eigenvalue weighted by Crippen LogP contribution is 2.22. The Morgan fingerprint density at radius 3 is 2.58 bits per heavy atom. The van der Waals surface area contributed by atoms with Crippen molar-refractivity contribution in [3.8, 4) is 5.75 Å². The summed E-state index contributed by atoms with van der Waals surface area (Å²) in [6.45, 7) is 2.40. The van der Waals surface area contributed by atoms with E-state index in [0.717, 1.165) is 17.9 Å². The monoisotopic (exact) mass is 357 g/mol. The zero-order valence-corrected chi connectivity index (χ0v) is 15.2. The van der Waals surface area contributed by atoms with Crippen molar-refractivity contribution < 1.29 is 14.3 Å². The number of nitrogens with zero attached hydrogens (tertiary/aromatic N) is 3. The molecule has 8 heteroatoms. The number of benzene rings is 1. The van der Waals surface area contributed by atoms with Crippen molar-refractivity contribution in [3.63, 3.8) is 0 Å². The van der Waals surface area contributed by atoms with Gasteiger partial charge in [0.25, 0.3) is 0 Å². The van der Waals surface area contributed by atoms with E-state index < -0.39 is 6.04 Å². The fraction of sp³-hybridized carbons (Fsp3) is 0.389. The normalized spacial score (nSPS) is 16.4. The van der Waals surface area contributed by atoms with Crippen LogP contribution in [0.2, 0.25) is 0 Å². The number of aromatic nitrogens is 2. The lowest BCUT2D eigenvalue weighted by atomic mass is 10.2. The number of hydrogen-bond acceptors (Lipinski definition) is 4. The van der Waals surface area contributed by atoms with E-state index in [1.165, 1.54) is 0 Å². The number of carbonyl (C=O) groups is 2. The van der Waals surface area contributed by atoms with E-state index in [0.29, 0.717) is 24.5 Å². The van der Waals surface area contributed by atoms with Gasteiger partial charge >= 0.3 is 6.03 Å². The van der Waals surface area contributed by atoms with Crippen LogP contribution >= 0.6 is 0 Å². The van der Waals surface area contributed by atoms with Crippen LogP contribution in [0.4, 0.5) is 16.3 Å². The van der Waals surface area contributed by atoms with Gasteiger partial charge in [0, 0.05) is 25.3 Å². The molecule has 3 rings (SSSR count). The van der Waals surface area contributed by atoms with Crippen molar-refractivity contribution in [2.45, 2.75) is 25.8 Å². The third kappa shape index (κ3) is 3.79. The Morgan fingerprint density at radius 2 is 1.96 bits per heavy atom. The standard InChI is InChI=1S/C18H23N5O3/c1-12-11-16(22(2)21-12)20-18(25)23-10-4-5-15(23)17(24)19-13-6-8-14(26-3)9-7-13/h6-9,11,15H,4-5,10H2,1-3H3,(H,19,24)(H,20,25). The fourth-order valence-corrected chi connectivity index (χ4v) is 3.09. The number of ether oxygens (including phenoxy) is 1. The van der Waals surface area contributed by atoms with Crippen LogP contribution in [0.25, 0.3) is 0 Å². The molecule has 1 aliphatic rings. The highest BCUT2D eigenvalue weighted by molar-refractivity contribution is 5.99. The molecule has 1 unspecified atom stereocenters. The van der Waals surface area contributed by atoms with E-state index >= 15 is 0 Å². The van der Waals surface area contributed by atoms with Gasteiger partial charge < -0.3 is 15.0 Å². The van der Waals surface area contributed by atoms with Crippen LogP contribution in [-0.2, 0) is 11.8 Å². The Labute approximate surface area is 152 Å². The van der Waals surface area contributed by atoms with Crippen LogP contribution in [0.15, 0.2) is 30.3 Å². The molecule has 0 aliphatic carbocycles. The fourth-order valence-electron chi connectivity index (χ4n) is 3.09. The Bertz CT molecular complexity index is 800. The number of methoxy groups -OCH3 is 1. The molecule has 1 aliphatic heterocycles. The number of hydrogen-bond donors (Lipinski definition) is 2. The molecule has 1 aromatic carbocycles. The maximum absolute atomic E-state index is 12.6. The number of aryl methyl sites for hydroxylation is 2. The number of urea groups is 1. The third-order valence-electron chi connectivity index (χ3n) is 4.41.